The third kappa shape index (κ3) is 3.14. The SMILES string of the molecule is CCCCC1(O)C=CC(OC(C)=O)C1. The molecule has 0 amide bonds. The van der Waals surface area contributed by atoms with Crippen molar-refractivity contribution in [1.29, 1.82) is 0 Å². The number of ether oxygens (including phenoxy) is 1. The molecular formula is C11H18O3. The molecule has 0 aromatic carbocycles. The van der Waals surface area contributed by atoms with Gasteiger partial charge in [-0.1, -0.05) is 25.8 Å². The molecule has 0 radical (unpaired) electrons. The van der Waals surface area contributed by atoms with Crippen LogP contribution in [0, 0.1) is 0 Å². The molecule has 80 valence electrons. The fourth-order valence-corrected chi connectivity index (χ4v) is 1.73. The summed E-state index contributed by atoms with van der Waals surface area (Å²) in [5.74, 6) is -0.292. The van der Waals surface area contributed by atoms with Gasteiger partial charge >= 0.3 is 5.97 Å². The summed E-state index contributed by atoms with van der Waals surface area (Å²) in [5, 5.41) is 10.0. The van der Waals surface area contributed by atoms with Gasteiger partial charge in [0.25, 0.3) is 0 Å². The first-order chi connectivity index (χ1) is 6.56. The lowest BCUT2D eigenvalue weighted by atomic mass is 9.96. The van der Waals surface area contributed by atoms with Crippen LogP contribution in [0.15, 0.2) is 12.2 Å². The maximum absolute atomic E-state index is 10.7. The van der Waals surface area contributed by atoms with E-state index in [1.165, 1.54) is 6.92 Å². The number of esters is 1. The van der Waals surface area contributed by atoms with Gasteiger partial charge in [-0.2, -0.15) is 0 Å². The van der Waals surface area contributed by atoms with Crippen molar-refractivity contribution in [2.45, 2.75) is 51.2 Å². The number of hydrogen-bond donors (Lipinski definition) is 1. The van der Waals surface area contributed by atoms with Gasteiger partial charge in [0.05, 0.1) is 5.60 Å². The highest BCUT2D eigenvalue weighted by Gasteiger charge is 2.32. The third-order valence-electron chi connectivity index (χ3n) is 2.46. The van der Waals surface area contributed by atoms with Crippen molar-refractivity contribution in [3.8, 4) is 0 Å². The molecule has 2 unspecified atom stereocenters. The summed E-state index contributed by atoms with van der Waals surface area (Å²) >= 11 is 0. The second-order valence-corrected chi connectivity index (χ2v) is 3.92. The maximum atomic E-state index is 10.7. The van der Waals surface area contributed by atoms with E-state index in [0.29, 0.717) is 6.42 Å². The second-order valence-electron chi connectivity index (χ2n) is 3.92. The summed E-state index contributed by atoms with van der Waals surface area (Å²) < 4.78 is 5.00. The van der Waals surface area contributed by atoms with Crippen molar-refractivity contribution in [3.05, 3.63) is 12.2 Å². The Hall–Kier alpha value is -0.830. The van der Waals surface area contributed by atoms with Crippen LogP contribution in [0.25, 0.3) is 0 Å². The van der Waals surface area contributed by atoms with Gasteiger partial charge < -0.3 is 9.84 Å². The Labute approximate surface area is 84.8 Å². The first kappa shape index (κ1) is 11.2. The van der Waals surface area contributed by atoms with E-state index in [9.17, 15) is 9.90 Å². The highest BCUT2D eigenvalue weighted by Crippen LogP contribution is 2.29. The lowest BCUT2D eigenvalue weighted by molar-refractivity contribution is -0.145. The zero-order valence-corrected chi connectivity index (χ0v) is 8.82. The van der Waals surface area contributed by atoms with Crippen molar-refractivity contribution in [2.24, 2.45) is 0 Å². The van der Waals surface area contributed by atoms with E-state index in [-0.39, 0.29) is 12.1 Å². The summed E-state index contributed by atoms with van der Waals surface area (Å²) in [6.07, 6.45) is 6.61. The molecule has 0 spiro atoms. The quantitative estimate of drug-likeness (QED) is 0.553. The molecule has 0 heterocycles. The van der Waals surface area contributed by atoms with E-state index in [1.807, 2.05) is 0 Å². The Balaban J connectivity index is 2.40. The zero-order chi connectivity index (χ0) is 10.6. The van der Waals surface area contributed by atoms with E-state index in [0.717, 1.165) is 19.3 Å². The summed E-state index contributed by atoms with van der Waals surface area (Å²) in [6, 6.07) is 0. The van der Waals surface area contributed by atoms with Gasteiger partial charge in [-0.3, -0.25) is 4.79 Å². The van der Waals surface area contributed by atoms with Crippen LogP contribution in [0.4, 0.5) is 0 Å². The molecule has 14 heavy (non-hydrogen) atoms. The van der Waals surface area contributed by atoms with Crippen LogP contribution < -0.4 is 0 Å². The van der Waals surface area contributed by atoms with E-state index < -0.39 is 5.60 Å². The monoisotopic (exact) mass is 198 g/mol. The largest absolute Gasteiger partial charge is 0.458 e. The smallest absolute Gasteiger partial charge is 0.303 e. The van der Waals surface area contributed by atoms with Crippen molar-refractivity contribution in [3.63, 3.8) is 0 Å². The molecule has 0 saturated carbocycles. The zero-order valence-electron chi connectivity index (χ0n) is 8.82. The predicted molar refractivity (Wildman–Crippen MR) is 53.8 cm³/mol. The molecule has 1 aliphatic carbocycles. The highest BCUT2D eigenvalue weighted by molar-refractivity contribution is 5.66. The van der Waals surface area contributed by atoms with E-state index >= 15 is 0 Å². The molecule has 1 aliphatic rings. The lowest BCUT2D eigenvalue weighted by Gasteiger charge is -2.21. The van der Waals surface area contributed by atoms with Crippen molar-refractivity contribution in [1.82, 2.24) is 0 Å². The van der Waals surface area contributed by atoms with Gasteiger partial charge in [0, 0.05) is 13.3 Å². The Bertz CT molecular complexity index is 235. The third-order valence-corrected chi connectivity index (χ3v) is 2.46. The van der Waals surface area contributed by atoms with Gasteiger partial charge in [0.15, 0.2) is 0 Å². The van der Waals surface area contributed by atoms with Crippen LogP contribution in [0.5, 0.6) is 0 Å². The second kappa shape index (κ2) is 4.60. The minimum atomic E-state index is -0.754. The average molecular weight is 198 g/mol. The van der Waals surface area contributed by atoms with Gasteiger partial charge in [0.2, 0.25) is 0 Å². The molecule has 0 aromatic rings. The standard InChI is InChI=1S/C11H18O3/c1-3-4-6-11(13)7-5-10(8-11)14-9(2)12/h5,7,10,13H,3-4,6,8H2,1-2H3. The van der Waals surface area contributed by atoms with Gasteiger partial charge in [-0.25, -0.2) is 0 Å². The number of hydrogen-bond acceptors (Lipinski definition) is 3. The summed E-state index contributed by atoms with van der Waals surface area (Å²) in [6.45, 7) is 3.48. The minimum absolute atomic E-state index is 0.241. The molecule has 3 nitrogen and oxygen atoms in total. The van der Waals surface area contributed by atoms with Gasteiger partial charge in [-0.05, 0) is 12.5 Å². The summed E-state index contributed by atoms with van der Waals surface area (Å²) in [7, 11) is 0. The van der Waals surface area contributed by atoms with E-state index in [1.54, 1.807) is 12.2 Å². The molecule has 0 aromatic heterocycles. The van der Waals surface area contributed by atoms with Gasteiger partial charge in [-0.15, -0.1) is 0 Å². The first-order valence-electron chi connectivity index (χ1n) is 5.15. The number of aliphatic hydroxyl groups is 1. The Morgan fingerprint density at radius 3 is 3.00 bits per heavy atom. The molecule has 1 N–H and O–H groups in total. The predicted octanol–water partition coefficient (Wildman–Crippen LogP) is 1.80. The summed E-state index contributed by atoms with van der Waals surface area (Å²) in [5.41, 5.74) is -0.754. The molecule has 0 aliphatic heterocycles. The van der Waals surface area contributed by atoms with Crippen LogP contribution in [0.3, 0.4) is 0 Å². The van der Waals surface area contributed by atoms with Crippen molar-refractivity contribution in [2.75, 3.05) is 0 Å². The Morgan fingerprint density at radius 1 is 1.71 bits per heavy atom. The Kier molecular flexibility index (Phi) is 3.69. The number of carbonyl (C=O) groups is 1. The normalized spacial score (nSPS) is 30.6. The number of carbonyl (C=O) groups excluding carboxylic acids is 1. The van der Waals surface area contributed by atoms with Crippen LogP contribution >= 0.6 is 0 Å². The molecule has 0 saturated heterocycles. The highest BCUT2D eigenvalue weighted by atomic mass is 16.5. The van der Waals surface area contributed by atoms with Crippen molar-refractivity contribution < 1.29 is 14.6 Å². The number of unbranched alkanes of at least 4 members (excludes halogenated alkanes) is 1. The molecule has 0 bridgehead atoms. The van der Waals surface area contributed by atoms with Crippen LogP contribution in [-0.4, -0.2) is 22.8 Å². The van der Waals surface area contributed by atoms with Crippen LogP contribution in [-0.2, 0) is 9.53 Å². The first-order valence-corrected chi connectivity index (χ1v) is 5.15. The van der Waals surface area contributed by atoms with Crippen molar-refractivity contribution >= 4 is 5.97 Å². The maximum Gasteiger partial charge on any atom is 0.303 e. The number of rotatable bonds is 4. The molecule has 0 fully saturated rings. The van der Waals surface area contributed by atoms with E-state index in [2.05, 4.69) is 6.92 Å². The lowest BCUT2D eigenvalue weighted by Crippen LogP contribution is -2.26. The molecule has 1 rings (SSSR count). The van der Waals surface area contributed by atoms with E-state index in [4.69, 9.17) is 4.74 Å². The molecule has 3 heteroatoms. The summed E-state index contributed by atoms with van der Waals surface area (Å²) in [4.78, 5) is 10.7. The van der Waals surface area contributed by atoms with Crippen LogP contribution in [0.2, 0.25) is 0 Å². The topological polar surface area (TPSA) is 46.5 Å². The Morgan fingerprint density at radius 2 is 2.43 bits per heavy atom. The minimum Gasteiger partial charge on any atom is -0.458 e. The van der Waals surface area contributed by atoms with Crippen LogP contribution in [0.1, 0.15) is 39.5 Å². The molecule has 2 atom stereocenters. The average Bonchev–Trinajstić information content (AvgIpc) is 2.44. The van der Waals surface area contributed by atoms with Gasteiger partial charge in [0.1, 0.15) is 6.10 Å². The fraction of sp³-hybridized carbons (Fsp3) is 0.727. The fourth-order valence-electron chi connectivity index (χ4n) is 1.73. The molecular weight excluding hydrogens is 180 g/mol.